The van der Waals surface area contributed by atoms with Gasteiger partial charge in [0.2, 0.25) is 11.0 Å². The Labute approximate surface area is 208 Å². The molecule has 3 unspecified atom stereocenters. The van der Waals surface area contributed by atoms with Crippen molar-refractivity contribution in [2.24, 2.45) is 0 Å². The summed E-state index contributed by atoms with van der Waals surface area (Å²) < 4.78 is 33.8. The first kappa shape index (κ1) is 32.0. The second-order valence-electron chi connectivity index (χ2n) is 5.49. The fourth-order valence-corrected chi connectivity index (χ4v) is 8.64. The maximum absolute atomic E-state index is 11.6. The van der Waals surface area contributed by atoms with Gasteiger partial charge in [0.15, 0.2) is 11.1 Å². The normalized spacial score (nSPS) is 19.0. The molecule has 17 heteroatoms. The molecule has 0 radical (unpaired) electrons. The second-order valence-corrected chi connectivity index (χ2v) is 15.0. The number of hydrogen-bond acceptors (Lipinski definition) is 13. The van der Waals surface area contributed by atoms with Crippen molar-refractivity contribution in [3.05, 3.63) is 5.21 Å². The first-order valence-electron chi connectivity index (χ1n) is 8.40. The summed E-state index contributed by atoms with van der Waals surface area (Å²) in [5.41, 5.74) is 0. The second kappa shape index (κ2) is 20.4. The zero-order chi connectivity index (χ0) is 22.9. The Morgan fingerprint density at radius 2 is 1.50 bits per heavy atom. The highest BCUT2D eigenvalue weighted by molar-refractivity contribution is 14.2. The van der Waals surface area contributed by atoms with E-state index in [-0.39, 0.29) is 29.7 Å². The fourth-order valence-electron chi connectivity index (χ4n) is 1.45. The summed E-state index contributed by atoms with van der Waals surface area (Å²) in [6.45, 7) is 0.112. The van der Waals surface area contributed by atoms with E-state index in [1.807, 2.05) is 0 Å². The lowest BCUT2D eigenvalue weighted by molar-refractivity contribution is -0.675. The lowest BCUT2D eigenvalue weighted by atomic mass is 10.3. The van der Waals surface area contributed by atoms with E-state index in [1.54, 1.807) is 0 Å². The summed E-state index contributed by atoms with van der Waals surface area (Å²) in [6, 6.07) is 0. The van der Waals surface area contributed by atoms with Crippen LogP contribution in [0.15, 0.2) is 0 Å². The van der Waals surface area contributed by atoms with Crippen molar-refractivity contribution in [2.75, 3.05) is 48.3 Å². The van der Waals surface area contributed by atoms with Crippen LogP contribution < -0.4 is 8.00 Å². The summed E-state index contributed by atoms with van der Waals surface area (Å²) in [5.74, 6) is 1.60. The molecule has 0 rings (SSSR count). The number of hydroxylamine groups is 1. The quantitative estimate of drug-likeness (QED) is 0.0222. The Balaban J connectivity index is 3.71. The van der Waals surface area contributed by atoms with Crippen LogP contribution in [0.2, 0.25) is 0 Å². The molecule has 0 amide bonds. The molecule has 7 atom stereocenters. The molecule has 0 aliphatic carbocycles. The minimum absolute atomic E-state index is 0.112. The molecule has 0 heterocycles. The van der Waals surface area contributed by atoms with Crippen LogP contribution in [0.1, 0.15) is 0 Å². The molecule has 6 N–H and O–H groups in total. The highest BCUT2D eigenvalue weighted by Crippen LogP contribution is 2.28. The third-order valence-corrected chi connectivity index (χ3v) is 11.3. The van der Waals surface area contributed by atoms with Gasteiger partial charge in [0.1, 0.15) is 12.5 Å². The first-order chi connectivity index (χ1) is 14.2. The van der Waals surface area contributed by atoms with E-state index in [0.29, 0.717) is 0 Å². The lowest BCUT2D eigenvalue weighted by Crippen LogP contribution is -3.04. The Bertz CT molecular complexity index is 512. The average Bonchev–Trinajstić information content (AvgIpc) is 2.69. The molecule has 0 spiro atoms. The van der Waals surface area contributed by atoms with Gasteiger partial charge in [0, 0.05) is 23.0 Å². The van der Waals surface area contributed by atoms with E-state index in [4.69, 9.17) is 4.18 Å². The van der Waals surface area contributed by atoms with E-state index >= 15 is 0 Å². The SMILES string of the molecule is C=INCOS(=O)C[C@@H](O)[C@H](O)CSSCCSSC[C@@H](O)[C@H](O)CS(=O)[NH+](C)[O-]. The molecule has 0 aliphatic rings. The average molecular weight is 661 g/mol. The number of aliphatic hydroxyl groups excluding tert-OH is 4. The Morgan fingerprint density at radius 1 is 1.00 bits per heavy atom. The standard InChI is InChI=1S/C13H29IN2O8S6/c1-14-15-9-24-30(23)8-13(20)11(18)6-28-26-4-3-25-27-5-10(17)12(19)7-29(22)16(2)21/h10-13,15-20H,1,3-9H2,2H3/t10-,11-,12-,13-,29?,30?/m1/s1. The lowest BCUT2D eigenvalue weighted by Gasteiger charge is -2.19. The van der Waals surface area contributed by atoms with Crippen molar-refractivity contribution in [2.45, 2.75) is 24.4 Å². The van der Waals surface area contributed by atoms with Gasteiger partial charge in [0.25, 0.3) is 0 Å². The van der Waals surface area contributed by atoms with Gasteiger partial charge in [-0.15, -0.1) is 0 Å². The number of nitrogens with one attached hydrogen (secondary N) is 2. The molecule has 0 aromatic heterocycles. The van der Waals surface area contributed by atoms with Gasteiger partial charge < -0.3 is 25.6 Å². The predicted molar refractivity (Wildman–Crippen MR) is 140 cm³/mol. The van der Waals surface area contributed by atoms with Crippen molar-refractivity contribution in [3.63, 3.8) is 0 Å². The largest absolute Gasteiger partial charge is 0.620 e. The molecule has 0 aliphatic heterocycles. The maximum Gasteiger partial charge on any atom is 0.207 e. The van der Waals surface area contributed by atoms with E-state index in [2.05, 4.69) is 8.04 Å². The topological polar surface area (TPSA) is 164 Å². The molecule has 0 aromatic rings. The monoisotopic (exact) mass is 660 g/mol. The fraction of sp³-hybridized carbons (Fsp3) is 0.923. The van der Waals surface area contributed by atoms with Gasteiger partial charge >= 0.3 is 0 Å². The summed E-state index contributed by atoms with van der Waals surface area (Å²) in [4.78, 5) is 0. The molecule has 0 saturated heterocycles. The minimum atomic E-state index is -1.79. The van der Waals surface area contributed by atoms with Crippen LogP contribution in [0.5, 0.6) is 0 Å². The molecule has 0 bridgehead atoms. The molecule has 30 heavy (non-hydrogen) atoms. The molecule has 0 saturated carbocycles. The van der Waals surface area contributed by atoms with E-state index in [1.165, 1.54) is 50.2 Å². The summed E-state index contributed by atoms with van der Waals surface area (Å²) >= 11 is -2.09. The molecular formula is C13H29IN2O8S6. The van der Waals surface area contributed by atoms with Crippen LogP contribution in [0.4, 0.5) is 0 Å². The van der Waals surface area contributed by atoms with Gasteiger partial charge in [-0.25, -0.2) is 7.74 Å². The van der Waals surface area contributed by atoms with Crippen molar-refractivity contribution in [1.29, 1.82) is 0 Å². The molecule has 0 aromatic carbocycles. The van der Waals surface area contributed by atoms with Crippen LogP contribution in [-0.2, 0) is 26.2 Å². The number of halogens is 1. The Kier molecular flexibility index (Phi) is 21.7. The van der Waals surface area contributed by atoms with Crippen molar-refractivity contribution in [1.82, 2.24) is 3.53 Å². The highest BCUT2D eigenvalue weighted by Gasteiger charge is 2.22. The van der Waals surface area contributed by atoms with Gasteiger partial charge in [-0.3, -0.25) is 8.65 Å². The Hall–Kier alpha value is 1.98. The molecule has 10 nitrogen and oxygen atoms in total. The summed E-state index contributed by atoms with van der Waals surface area (Å²) in [6.07, 6.45) is -4.41. The van der Waals surface area contributed by atoms with E-state index in [0.717, 1.165) is 11.5 Å². The van der Waals surface area contributed by atoms with Crippen molar-refractivity contribution in [3.8, 4) is 0 Å². The van der Waals surface area contributed by atoms with Crippen molar-refractivity contribution < 1.29 is 37.5 Å². The van der Waals surface area contributed by atoms with E-state index in [9.17, 15) is 34.1 Å². The third kappa shape index (κ3) is 17.5. The first-order valence-corrected chi connectivity index (χ1v) is 18.5. The zero-order valence-corrected chi connectivity index (χ0v) is 23.3. The number of hydrogen-bond donors (Lipinski definition) is 6. The molecule has 182 valence electrons. The van der Waals surface area contributed by atoms with Crippen LogP contribution in [0.25, 0.3) is 0 Å². The number of aliphatic hydroxyl groups is 4. The van der Waals surface area contributed by atoms with Gasteiger partial charge in [-0.2, -0.15) is 4.21 Å². The van der Waals surface area contributed by atoms with Crippen LogP contribution in [0.3, 0.4) is 0 Å². The van der Waals surface area contributed by atoms with Crippen LogP contribution in [-0.4, -0.2) is 106 Å². The zero-order valence-electron chi connectivity index (χ0n) is 16.2. The molecular weight excluding hydrogens is 631 g/mol. The highest BCUT2D eigenvalue weighted by atomic mass is 127. The van der Waals surface area contributed by atoms with Gasteiger partial charge in [0.05, 0.1) is 37.2 Å². The summed E-state index contributed by atoms with van der Waals surface area (Å²) in [5, 5.41) is 50.1. The maximum atomic E-state index is 11.6. The number of quaternary nitrogens is 1. The van der Waals surface area contributed by atoms with Crippen LogP contribution in [0, 0.1) is 5.21 Å². The smallest absolute Gasteiger partial charge is 0.207 e. The minimum Gasteiger partial charge on any atom is -0.620 e. The number of rotatable bonds is 20. The third-order valence-electron chi connectivity index (χ3n) is 3.07. The molecule has 0 fully saturated rings. The summed E-state index contributed by atoms with van der Waals surface area (Å²) in [7, 11) is 5.16. The van der Waals surface area contributed by atoms with Crippen molar-refractivity contribution >= 4 is 90.8 Å². The van der Waals surface area contributed by atoms with Gasteiger partial charge in [-0.05, 0) is 21.0 Å². The predicted octanol–water partition coefficient (Wildman–Crippen LogP) is -1.59. The van der Waals surface area contributed by atoms with Crippen LogP contribution >= 0.6 is 64.2 Å². The Morgan fingerprint density at radius 3 is 1.97 bits per heavy atom. The van der Waals surface area contributed by atoms with E-state index < -0.39 is 72.0 Å². The van der Waals surface area contributed by atoms with Gasteiger partial charge in [-0.1, -0.05) is 47.7 Å².